The number of nitrogens with one attached hydrogen (secondary N) is 1. The van der Waals surface area contributed by atoms with E-state index < -0.39 is 0 Å². The largest absolute Gasteiger partial charge is 0.394 e. The number of hydrogen-bond acceptors (Lipinski definition) is 5. The zero-order valence-corrected chi connectivity index (χ0v) is 9.61. The summed E-state index contributed by atoms with van der Waals surface area (Å²) in [6.07, 6.45) is 0.726. The third kappa shape index (κ3) is 3.01. The number of aliphatic hydroxyl groups is 1. The standard InChI is InChI=1S/C11H15N5O/c1-16-11(13-14-15-16)12-10(8-17)7-9-5-3-2-4-6-9/h2-6,10,17H,7-8H2,1H3,(H,12,13,15). The molecule has 17 heavy (non-hydrogen) atoms. The second kappa shape index (κ2) is 5.40. The van der Waals surface area contributed by atoms with Crippen LogP contribution in [0.3, 0.4) is 0 Å². The van der Waals surface area contributed by atoms with E-state index in [-0.39, 0.29) is 12.6 Å². The van der Waals surface area contributed by atoms with Gasteiger partial charge >= 0.3 is 0 Å². The van der Waals surface area contributed by atoms with Crippen LogP contribution in [0, 0.1) is 0 Å². The Hall–Kier alpha value is -1.95. The van der Waals surface area contributed by atoms with Crippen LogP contribution in [0.1, 0.15) is 5.56 Å². The molecule has 90 valence electrons. The Morgan fingerprint density at radius 1 is 1.35 bits per heavy atom. The smallest absolute Gasteiger partial charge is 0.242 e. The van der Waals surface area contributed by atoms with Crippen LogP contribution >= 0.6 is 0 Å². The van der Waals surface area contributed by atoms with Crippen LogP contribution in [0.2, 0.25) is 0 Å². The summed E-state index contributed by atoms with van der Waals surface area (Å²) in [4.78, 5) is 0. The summed E-state index contributed by atoms with van der Waals surface area (Å²) in [5.74, 6) is 0.556. The van der Waals surface area contributed by atoms with Gasteiger partial charge in [0.25, 0.3) is 0 Å². The van der Waals surface area contributed by atoms with E-state index in [4.69, 9.17) is 0 Å². The fourth-order valence-corrected chi connectivity index (χ4v) is 1.59. The summed E-state index contributed by atoms with van der Waals surface area (Å²) in [5.41, 5.74) is 1.16. The Bertz CT molecular complexity index is 456. The summed E-state index contributed by atoms with van der Waals surface area (Å²) < 4.78 is 1.54. The molecule has 0 bridgehead atoms. The first-order chi connectivity index (χ1) is 8.29. The highest BCUT2D eigenvalue weighted by Crippen LogP contribution is 2.07. The van der Waals surface area contributed by atoms with Crippen LogP contribution in [0.4, 0.5) is 5.95 Å². The molecule has 2 aromatic rings. The predicted octanol–water partition coefficient (Wildman–Crippen LogP) is 0.226. The number of benzene rings is 1. The van der Waals surface area contributed by atoms with Crippen LogP contribution in [-0.4, -0.2) is 38.0 Å². The van der Waals surface area contributed by atoms with Crippen molar-refractivity contribution in [3.63, 3.8) is 0 Å². The Labute approximate surface area is 99.3 Å². The maximum absolute atomic E-state index is 9.34. The quantitative estimate of drug-likeness (QED) is 0.773. The van der Waals surface area contributed by atoms with Crippen molar-refractivity contribution in [3.8, 4) is 0 Å². The Morgan fingerprint density at radius 3 is 2.71 bits per heavy atom. The lowest BCUT2D eigenvalue weighted by molar-refractivity contribution is 0.273. The minimum absolute atomic E-state index is 0.0295. The molecule has 0 amide bonds. The third-order valence-corrected chi connectivity index (χ3v) is 2.50. The van der Waals surface area contributed by atoms with Gasteiger partial charge in [-0.25, -0.2) is 4.68 Å². The molecule has 0 fully saturated rings. The van der Waals surface area contributed by atoms with Crippen molar-refractivity contribution in [3.05, 3.63) is 35.9 Å². The molecule has 1 heterocycles. The maximum Gasteiger partial charge on any atom is 0.242 e. The number of aromatic nitrogens is 4. The van der Waals surface area contributed by atoms with Gasteiger partial charge in [0.1, 0.15) is 0 Å². The molecule has 2 N–H and O–H groups in total. The molecule has 0 aliphatic rings. The van der Waals surface area contributed by atoms with Gasteiger partial charge in [0.05, 0.1) is 12.6 Å². The number of aliphatic hydroxyl groups excluding tert-OH is 1. The van der Waals surface area contributed by atoms with Gasteiger partial charge in [0.2, 0.25) is 5.95 Å². The highest BCUT2D eigenvalue weighted by Gasteiger charge is 2.11. The van der Waals surface area contributed by atoms with Crippen molar-refractivity contribution in [1.29, 1.82) is 0 Å². The predicted molar refractivity (Wildman–Crippen MR) is 63.4 cm³/mol. The van der Waals surface area contributed by atoms with Gasteiger partial charge in [-0.15, -0.1) is 0 Å². The van der Waals surface area contributed by atoms with Crippen molar-refractivity contribution >= 4 is 5.95 Å². The minimum Gasteiger partial charge on any atom is -0.394 e. The molecule has 0 radical (unpaired) electrons. The summed E-state index contributed by atoms with van der Waals surface area (Å²) in [5, 5.41) is 23.5. The summed E-state index contributed by atoms with van der Waals surface area (Å²) in [6, 6.07) is 9.89. The van der Waals surface area contributed by atoms with Gasteiger partial charge in [-0.1, -0.05) is 35.4 Å². The lowest BCUT2D eigenvalue weighted by Crippen LogP contribution is -2.27. The fraction of sp³-hybridized carbons (Fsp3) is 0.364. The number of nitrogens with zero attached hydrogens (tertiary/aromatic N) is 4. The molecule has 0 saturated carbocycles. The second-order valence-corrected chi connectivity index (χ2v) is 3.84. The zero-order chi connectivity index (χ0) is 12.1. The molecular formula is C11H15N5O. The van der Waals surface area contributed by atoms with E-state index >= 15 is 0 Å². The zero-order valence-electron chi connectivity index (χ0n) is 9.61. The highest BCUT2D eigenvalue weighted by atomic mass is 16.3. The molecule has 1 unspecified atom stereocenters. The molecule has 6 heteroatoms. The fourth-order valence-electron chi connectivity index (χ4n) is 1.59. The summed E-state index contributed by atoms with van der Waals surface area (Å²) >= 11 is 0. The molecule has 0 saturated heterocycles. The van der Waals surface area contributed by atoms with E-state index in [9.17, 15) is 5.11 Å². The Kier molecular flexibility index (Phi) is 3.66. The second-order valence-electron chi connectivity index (χ2n) is 3.84. The third-order valence-electron chi connectivity index (χ3n) is 2.50. The Balaban J connectivity index is 2.00. The molecule has 0 aliphatic heterocycles. The van der Waals surface area contributed by atoms with Gasteiger partial charge in [-0.3, -0.25) is 0 Å². The van der Waals surface area contributed by atoms with Crippen molar-refractivity contribution in [2.24, 2.45) is 7.05 Å². The molecule has 1 aromatic heterocycles. The van der Waals surface area contributed by atoms with E-state index in [1.165, 1.54) is 4.68 Å². The topological polar surface area (TPSA) is 75.9 Å². The maximum atomic E-state index is 9.34. The highest BCUT2D eigenvalue weighted by molar-refractivity contribution is 5.26. The van der Waals surface area contributed by atoms with Crippen LogP contribution in [-0.2, 0) is 13.5 Å². The SMILES string of the molecule is Cn1nnnc1NC(CO)Cc1ccccc1. The molecular weight excluding hydrogens is 218 g/mol. The first-order valence-corrected chi connectivity index (χ1v) is 5.43. The number of hydrogen-bond donors (Lipinski definition) is 2. The summed E-state index contributed by atoms with van der Waals surface area (Å²) in [7, 11) is 1.75. The van der Waals surface area contributed by atoms with Crippen LogP contribution in [0.5, 0.6) is 0 Å². The van der Waals surface area contributed by atoms with E-state index in [0.717, 1.165) is 12.0 Å². The lowest BCUT2D eigenvalue weighted by atomic mass is 10.1. The van der Waals surface area contributed by atoms with Crippen molar-refractivity contribution < 1.29 is 5.11 Å². The number of aryl methyl sites for hydroxylation is 1. The van der Waals surface area contributed by atoms with Crippen molar-refractivity contribution in [2.45, 2.75) is 12.5 Å². The number of rotatable bonds is 5. The van der Waals surface area contributed by atoms with Gasteiger partial charge in [-0.05, 0) is 22.4 Å². The Morgan fingerprint density at radius 2 is 2.12 bits per heavy atom. The average molecular weight is 233 g/mol. The van der Waals surface area contributed by atoms with Crippen LogP contribution in [0.25, 0.3) is 0 Å². The van der Waals surface area contributed by atoms with Crippen LogP contribution < -0.4 is 5.32 Å². The van der Waals surface area contributed by atoms with Crippen molar-refractivity contribution in [2.75, 3.05) is 11.9 Å². The number of tetrazole rings is 1. The molecule has 1 aromatic carbocycles. The summed E-state index contributed by atoms with van der Waals surface area (Å²) in [6.45, 7) is 0.0295. The van der Waals surface area contributed by atoms with Crippen LogP contribution in [0.15, 0.2) is 30.3 Å². The van der Waals surface area contributed by atoms with Gasteiger partial charge in [-0.2, -0.15) is 0 Å². The minimum atomic E-state index is -0.0953. The average Bonchev–Trinajstić information content (AvgIpc) is 2.75. The van der Waals surface area contributed by atoms with Gasteiger partial charge in [0.15, 0.2) is 0 Å². The van der Waals surface area contributed by atoms with E-state index in [1.54, 1.807) is 7.05 Å². The lowest BCUT2D eigenvalue weighted by Gasteiger charge is -2.15. The first-order valence-electron chi connectivity index (χ1n) is 5.43. The first kappa shape index (κ1) is 11.5. The molecule has 6 nitrogen and oxygen atoms in total. The molecule has 1 atom stereocenters. The van der Waals surface area contributed by atoms with E-state index in [0.29, 0.717) is 5.95 Å². The molecule has 2 rings (SSSR count). The normalized spacial score (nSPS) is 12.4. The van der Waals surface area contributed by atoms with E-state index in [2.05, 4.69) is 20.8 Å². The molecule has 0 spiro atoms. The van der Waals surface area contributed by atoms with E-state index in [1.807, 2.05) is 30.3 Å². The van der Waals surface area contributed by atoms with Gasteiger partial charge < -0.3 is 10.4 Å². The van der Waals surface area contributed by atoms with Gasteiger partial charge in [0, 0.05) is 7.05 Å². The number of anilines is 1. The molecule has 0 aliphatic carbocycles. The van der Waals surface area contributed by atoms with Crippen molar-refractivity contribution in [1.82, 2.24) is 20.2 Å². The monoisotopic (exact) mass is 233 g/mol.